The Balaban J connectivity index is 1.81. The summed E-state index contributed by atoms with van der Waals surface area (Å²) in [5.74, 6) is -0.796. The Hall–Kier alpha value is -2.71. The van der Waals surface area contributed by atoms with Crippen molar-refractivity contribution in [3.05, 3.63) is 24.2 Å². The van der Waals surface area contributed by atoms with E-state index in [4.69, 9.17) is 14.5 Å². The molecule has 4 atom stereocenters. The van der Waals surface area contributed by atoms with Crippen molar-refractivity contribution < 1.29 is 43.4 Å². The fourth-order valence-electron chi connectivity index (χ4n) is 3.77. The van der Waals surface area contributed by atoms with Crippen LogP contribution in [0.4, 0.5) is 5.82 Å². The topological polar surface area (TPSA) is 205 Å². The highest BCUT2D eigenvalue weighted by Gasteiger charge is 2.54. The second kappa shape index (κ2) is 7.71. The number of phosphoric acid groups is 1. The van der Waals surface area contributed by atoms with Gasteiger partial charge in [-0.1, -0.05) is 0 Å². The molecule has 2 aliphatic rings. The first-order valence-corrected chi connectivity index (χ1v) is 10.8. The fraction of sp³-hybridized carbons (Fsp3) is 0.412. The van der Waals surface area contributed by atoms with Gasteiger partial charge in [-0.05, 0) is 6.92 Å². The number of nitrogens with zero attached hydrogens (tertiary/aromatic N) is 3. The number of carbonyl (C=O) groups excluding carboxylic acids is 2. The Morgan fingerprint density at radius 2 is 2.16 bits per heavy atom. The third-order valence-electron chi connectivity index (χ3n) is 5.14. The predicted octanol–water partition coefficient (Wildman–Crippen LogP) is -1.02. The minimum Gasteiger partial charge on any atom is -0.387 e. The molecule has 15 heteroatoms. The van der Waals surface area contributed by atoms with Crippen LogP contribution in [0.25, 0.3) is 16.7 Å². The molecule has 32 heavy (non-hydrogen) atoms. The van der Waals surface area contributed by atoms with Crippen molar-refractivity contribution >= 4 is 42.2 Å². The lowest BCUT2D eigenvalue weighted by atomic mass is 9.96. The maximum atomic E-state index is 12.2. The monoisotopic (exact) mass is 469 g/mol. The largest absolute Gasteiger partial charge is 0.469 e. The predicted molar refractivity (Wildman–Crippen MR) is 106 cm³/mol. The smallest absolute Gasteiger partial charge is 0.387 e. The van der Waals surface area contributed by atoms with E-state index in [9.17, 15) is 24.4 Å². The van der Waals surface area contributed by atoms with Crippen molar-refractivity contribution in [1.29, 1.82) is 0 Å². The molecule has 0 radical (unpaired) electrons. The zero-order valence-electron chi connectivity index (χ0n) is 16.8. The van der Waals surface area contributed by atoms with Gasteiger partial charge >= 0.3 is 7.82 Å². The fourth-order valence-corrected chi connectivity index (χ4v) is 4.11. The minimum absolute atomic E-state index is 0.157. The number of phosphoric ester groups is 1. The lowest BCUT2D eigenvalue weighted by molar-refractivity contribution is -0.117. The van der Waals surface area contributed by atoms with E-state index in [1.165, 1.54) is 37.0 Å². The number of hydrogen-bond donors (Lipinski definition) is 6. The molecular formula is C17H20N5O9P. The van der Waals surface area contributed by atoms with Gasteiger partial charge < -0.3 is 39.9 Å². The number of aliphatic hydroxyl groups excluding tert-OH is 1. The number of carbonyl (C=O) groups is 2. The highest BCUT2D eigenvalue weighted by molar-refractivity contribution is 7.46. The molecule has 14 nitrogen and oxygen atoms in total. The molecule has 1 saturated heterocycles. The minimum atomic E-state index is -4.84. The molecule has 2 amide bonds. The summed E-state index contributed by atoms with van der Waals surface area (Å²) in [7, 11) is -4.84. The molecule has 172 valence electrons. The summed E-state index contributed by atoms with van der Waals surface area (Å²) in [6.07, 6.45) is -0.307. The Morgan fingerprint density at radius 3 is 2.81 bits per heavy atom. The van der Waals surface area contributed by atoms with Crippen LogP contribution in [0.15, 0.2) is 18.6 Å². The van der Waals surface area contributed by atoms with Gasteiger partial charge in [0.25, 0.3) is 5.91 Å². The van der Waals surface area contributed by atoms with Crippen LogP contribution in [0.2, 0.25) is 0 Å². The highest BCUT2D eigenvalue weighted by Crippen LogP contribution is 2.44. The first-order valence-electron chi connectivity index (χ1n) is 9.30. The first kappa shape index (κ1) is 22.5. The van der Waals surface area contributed by atoms with E-state index in [1.54, 1.807) is 0 Å². The van der Waals surface area contributed by atoms with E-state index in [2.05, 4.69) is 25.1 Å². The molecule has 2 aromatic heterocycles. The normalized spacial score (nSPS) is 27.8. The molecule has 6 N–H and O–H groups in total. The SMILES string of the molecule is CC(=O)NC1=CC(=O)Nc2ncnc3c2c1cn3[C@@H]1O[C@H](COP(=O)(O)O)[C@@H](O)[C@@]1(C)O. The molecular weight excluding hydrogens is 449 g/mol. The van der Waals surface area contributed by atoms with Crippen molar-refractivity contribution in [3.8, 4) is 0 Å². The molecule has 2 aliphatic heterocycles. The lowest BCUT2D eigenvalue weighted by Gasteiger charge is -2.27. The summed E-state index contributed by atoms with van der Waals surface area (Å²) >= 11 is 0. The van der Waals surface area contributed by atoms with Gasteiger partial charge in [-0.3, -0.25) is 14.1 Å². The Bertz CT molecular complexity index is 1190. The Labute approximate surface area is 180 Å². The van der Waals surface area contributed by atoms with Crippen molar-refractivity contribution in [2.75, 3.05) is 11.9 Å². The molecule has 1 fully saturated rings. The summed E-state index contributed by atoms with van der Waals surface area (Å²) < 4.78 is 22.5. The van der Waals surface area contributed by atoms with Gasteiger partial charge in [0.05, 0.1) is 17.7 Å². The van der Waals surface area contributed by atoms with E-state index >= 15 is 0 Å². The van der Waals surface area contributed by atoms with Gasteiger partial charge in [0.1, 0.15) is 35.6 Å². The summed E-state index contributed by atoms with van der Waals surface area (Å²) in [5, 5.41) is 27.0. The Morgan fingerprint density at radius 1 is 1.44 bits per heavy atom. The van der Waals surface area contributed by atoms with Gasteiger partial charge in [-0.25, -0.2) is 14.5 Å². The molecule has 0 bridgehead atoms. The highest BCUT2D eigenvalue weighted by atomic mass is 31.2. The average Bonchev–Trinajstić information content (AvgIpc) is 3.10. The first-order chi connectivity index (χ1) is 14.9. The number of aliphatic hydroxyl groups is 2. The number of amides is 2. The quantitative estimate of drug-likeness (QED) is 0.292. The number of nitrogens with one attached hydrogen (secondary N) is 2. The molecule has 2 aromatic rings. The number of anilines is 1. The van der Waals surface area contributed by atoms with Crippen molar-refractivity contribution in [1.82, 2.24) is 19.9 Å². The average molecular weight is 469 g/mol. The molecule has 0 spiro atoms. The van der Waals surface area contributed by atoms with E-state index < -0.39 is 50.3 Å². The van der Waals surface area contributed by atoms with Crippen LogP contribution in [-0.2, 0) is 23.4 Å². The zero-order valence-corrected chi connectivity index (χ0v) is 17.7. The standard InChI is InChI=1S/C17H20N5O9P/c1-7(23)20-9-3-11(24)21-14-12-8(9)4-22(15(12)19-6-18-14)16-17(2,26)13(25)10(31-16)5-30-32(27,28)29/h3-4,6,10,13,16,25-26H,5H2,1-2H3,(H,20,23)(H2,27,28,29)(H,18,19,21,24)/t10-,13-,16-,17-/m1/s1. The summed E-state index contributed by atoms with van der Waals surface area (Å²) in [6.45, 7) is 1.87. The summed E-state index contributed by atoms with van der Waals surface area (Å²) in [5.41, 5.74) is -1.21. The van der Waals surface area contributed by atoms with Crippen LogP contribution in [0.1, 0.15) is 25.6 Å². The molecule has 0 aromatic carbocycles. The molecule has 0 unspecified atom stereocenters. The second-order valence-electron chi connectivity index (χ2n) is 7.58. The number of hydrogen-bond acceptors (Lipinski definition) is 9. The van der Waals surface area contributed by atoms with Gasteiger partial charge in [0.15, 0.2) is 6.23 Å². The Kier molecular flexibility index (Phi) is 5.41. The van der Waals surface area contributed by atoms with E-state index in [0.717, 1.165) is 0 Å². The van der Waals surface area contributed by atoms with Gasteiger partial charge in [0, 0.05) is 24.8 Å². The number of rotatable bonds is 5. The third kappa shape index (κ3) is 3.93. The van der Waals surface area contributed by atoms with E-state index in [0.29, 0.717) is 10.9 Å². The maximum absolute atomic E-state index is 12.2. The number of ether oxygens (including phenoxy) is 1. The molecule has 0 saturated carbocycles. The van der Waals surface area contributed by atoms with Crippen molar-refractivity contribution in [2.45, 2.75) is 37.9 Å². The van der Waals surface area contributed by atoms with Crippen molar-refractivity contribution in [2.24, 2.45) is 0 Å². The molecule has 4 rings (SSSR count). The van der Waals surface area contributed by atoms with E-state index in [1.807, 2.05) is 0 Å². The van der Waals surface area contributed by atoms with E-state index in [-0.39, 0.29) is 17.2 Å². The van der Waals surface area contributed by atoms with Gasteiger partial charge in [0.2, 0.25) is 5.91 Å². The summed E-state index contributed by atoms with van der Waals surface area (Å²) in [6, 6.07) is 0. The van der Waals surface area contributed by atoms with Crippen LogP contribution in [0.5, 0.6) is 0 Å². The molecule has 0 aliphatic carbocycles. The van der Waals surface area contributed by atoms with Crippen LogP contribution >= 0.6 is 7.82 Å². The zero-order chi connectivity index (χ0) is 23.4. The van der Waals surface area contributed by atoms with Crippen LogP contribution in [0.3, 0.4) is 0 Å². The van der Waals surface area contributed by atoms with Crippen molar-refractivity contribution in [3.63, 3.8) is 0 Å². The summed E-state index contributed by atoms with van der Waals surface area (Å²) in [4.78, 5) is 50.0. The lowest BCUT2D eigenvalue weighted by Crippen LogP contribution is -2.44. The van der Waals surface area contributed by atoms with Gasteiger partial charge in [-0.2, -0.15) is 0 Å². The molecule has 4 heterocycles. The van der Waals surface area contributed by atoms with Gasteiger partial charge in [-0.15, -0.1) is 0 Å². The number of aromatic nitrogens is 3. The van der Waals surface area contributed by atoms with Crippen LogP contribution < -0.4 is 10.6 Å². The third-order valence-corrected chi connectivity index (χ3v) is 5.63. The van der Waals surface area contributed by atoms with Crippen LogP contribution in [0, 0.1) is 0 Å². The van der Waals surface area contributed by atoms with Crippen LogP contribution in [-0.4, -0.2) is 70.8 Å². The second-order valence-corrected chi connectivity index (χ2v) is 8.82. The maximum Gasteiger partial charge on any atom is 0.469 e.